The van der Waals surface area contributed by atoms with E-state index < -0.39 is 15.9 Å². The number of anilines is 2. The molecule has 0 aliphatic heterocycles. The van der Waals surface area contributed by atoms with Crippen molar-refractivity contribution in [1.29, 1.82) is 0 Å². The van der Waals surface area contributed by atoms with Gasteiger partial charge in [0.2, 0.25) is 5.91 Å². The molecule has 1 N–H and O–H groups in total. The molecular weight excluding hydrogens is 424 g/mol. The molecule has 3 aromatic rings. The Morgan fingerprint density at radius 3 is 2.22 bits per heavy atom. The van der Waals surface area contributed by atoms with Crippen LogP contribution in [0.2, 0.25) is 0 Å². The van der Waals surface area contributed by atoms with Crippen LogP contribution in [0.3, 0.4) is 0 Å². The summed E-state index contributed by atoms with van der Waals surface area (Å²) >= 11 is 0. The van der Waals surface area contributed by atoms with E-state index in [0.717, 1.165) is 21.0 Å². The number of nitrogens with one attached hydrogen (secondary N) is 1. The number of ether oxygens (including phenoxy) is 1. The van der Waals surface area contributed by atoms with E-state index in [2.05, 4.69) is 5.32 Å². The van der Waals surface area contributed by atoms with Crippen LogP contribution < -0.4 is 14.4 Å². The van der Waals surface area contributed by atoms with E-state index in [1.54, 1.807) is 30.3 Å². The summed E-state index contributed by atoms with van der Waals surface area (Å²) in [5.74, 6) is 0.162. The van der Waals surface area contributed by atoms with E-state index in [0.29, 0.717) is 23.7 Å². The maximum atomic E-state index is 13.5. The van der Waals surface area contributed by atoms with Gasteiger partial charge in [0.25, 0.3) is 10.0 Å². The highest BCUT2D eigenvalue weighted by molar-refractivity contribution is 7.92. The Morgan fingerprint density at radius 1 is 0.938 bits per heavy atom. The average Bonchev–Trinajstić information content (AvgIpc) is 2.76. The second-order valence-corrected chi connectivity index (χ2v) is 9.41. The first kappa shape index (κ1) is 23.3. The number of amides is 1. The molecule has 0 unspecified atom stereocenters. The lowest BCUT2D eigenvalue weighted by Crippen LogP contribution is -2.38. The van der Waals surface area contributed by atoms with E-state index in [1.807, 2.05) is 52.0 Å². The Kier molecular flexibility index (Phi) is 7.20. The molecule has 0 atom stereocenters. The highest BCUT2D eigenvalue weighted by Gasteiger charge is 2.27. The number of carbonyl (C=O) groups is 1. The van der Waals surface area contributed by atoms with Gasteiger partial charge in [-0.05, 0) is 81.3 Å². The molecule has 0 radical (unpaired) electrons. The minimum absolute atomic E-state index is 0.0843. The van der Waals surface area contributed by atoms with Crippen LogP contribution in [-0.4, -0.2) is 27.5 Å². The van der Waals surface area contributed by atoms with Crippen molar-refractivity contribution in [3.05, 3.63) is 83.4 Å². The van der Waals surface area contributed by atoms with Gasteiger partial charge in [0.15, 0.2) is 0 Å². The molecule has 3 aromatic carbocycles. The third kappa shape index (κ3) is 5.29. The molecule has 0 aliphatic carbocycles. The molecule has 0 aromatic heterocycles. The zero-order valence-corrected chi connectivity index (χ0v) is 19.6. The second-order valence-electron chi connectivity index (χ2n) is 7.55. The maximum Gasteiger partial charge on any atom is 0.264 e. The largest absolute Gasteiger partial charge is 0.494 e. The summed E-state index contributed by atoms with van der Waals surface area (Å²) in [5.41, 5.74) is 4.06. The Morgan fingerprint density at radius 2 is 1.59 bits per heavy atom. The number of nitrogens with zero attached hydrogens (tertiary/aromatic N) is 1. The second kappa shape index (κ2) is 9.87. The summed E-state index contributed by atoms with van der Waals surface area (Å²) in [6.45, 7) is 7.78. The molecule has 1 amide bonds. The number of sulfonamides is 1. The van der Waals surface area contributed by atoms with Gasteiger partial charge >= 0.3 is 0 Å². The van der Waals surface area contributed by atoms with Gasteiger partial charge in [0.05, 0.1) is 17.2 Å². The minimum Gasteiger partial charge on any atom is -0.494 e. The van der Waals surface area contributed by atoms with Crippen molar-refractivity contribution in [2.45, 2.75) is 32.6 Å². The molecule has 3 rings (SSSR count). The van der Waals surface area contributed by atoms with Crippen molar-refractivity contribution < 1.29 is 17.9 Å². The fourth-order valence-corrected chi connectivity index (χ4v) is 4.66. The van der Waals surface area contributed by atoms with Crippen molar-refractivity contribution in [1.82, 2.24) is 0 Å². The summed E-state index contributed by atoms with van der Waals surface area (Å²) < 4.78 is 33.5. The predicted octanol–water partition coefficient (Wildman–Crippen LogP) is 4.84. The number of benzene rings is 3. The molecule has 0 aliphatic rings. The van der Waals surface area contributed by atoms with E-state index in [1.165, 1.54) is 12.1 Å². The van der Waals surface area contributed by atoms with Gasteiger partial charge in [-0.1, -0.05) is 29.8 Å². The molecule has 7 heteroatoms. The Hall–Kier alpha value is -3.32. The topological polar surface area (TPSA) is 75.7 Å². The van der Waals surface area contributed by atoms with Gasteiger partial charge in [0.1, 0.15) is 12.3 Å². The van der Waals surface area contributed by atoms with Crippen molar-refractivity contribution in [2.24, 2.45) is 0 Å². The van der Waals surface area contributed by atoms with Crippen LogP contribution in [0, 0.1) is 20.8 Å². The summed E-state index contributed by atoms with van der Waals surface area (Å²) in [6.07, 6.45) is 0. The molecule has 32 heavy (non-hydrogen) atoms. The quantitative estimate of drug-likeness (QED) is 0.530. The number of hydrogen-bond donors (Lipinski definition) is 1. The molecule has 0 heterocycles. The van der Waals surface area contributed by atoms with Crippen molar-refractivity contribution in [2.75, 3.05) is 22.8 Å². The lowest BCUT2D eigenvalue weighted by Gasteiger charge is -2.24. The zero-order valence-electron chi connectivity index (χ0n) is 18.8. The molecule has 0 bridgehead atoms. The van der Waals surface area contributed by atoms with E-state index >= 15 is 0 Å². The standard InChI is InChI=1S/C25H28N2O4S/c1-5-31-22-13-15-23(16-14-22)32(29,30)27(21-11-9-18(2)10-12-21)17-25(28)26-24-8-6-7-19(3)20(24)4/h6-16H,5,17H2,1-4H3,(H,26,28). The van der Waals surface area contributed by atoms with Crippen molar-refractivity contribution in [3.63, 3.8) is 0 Å². The number of hydrogen-bond acceptors (Lipinski definition) is 4. The molecule has 168 valence electrons. The molecule has 0 fully saturated rings. The predicted molar refractivity (Wildman–Crippen MR) is 128 cm³/mol. The van der Waals surface area contributed by atoms with Crippen LogP contribution in [0.4, 0.5) is 11.4 Å². The molecule has 0 saturated carbocycles. The summed E-state index contributed by atoms with van der Waals surface area (Å²) in [7, 11) is -3.99. The Bertz CT molecular complexity index is 1190. The highest BCUT2D eigenvalue weighted by atomic mass is 32.2. The van der Waals surface area contributed by atoms with Crippen LogP contribution in [0.1, 0.15) is 23.6 Å². The summed E-state index contributed by atoms with van der Waals surface area (Å²) in [6, 6.07) is 18.9. The maximum absolute atomic E-state index is 13.5. The van der Waals surface area contributed by atoms with Crippen LogP contribution in [0.5, 0.6) is 5.75 Å². The Labute approximate surface area is 189 Å². The first-order chi connectivity index (χ1) is 15.2. The van der Waals surface area contributed by atoms with E-state index in [9.17, 15) is 13.2 Å². The first-order valence-corrected chi connectivity index (χ1v) is 11.8. The van der Waals surface area contributed by atoms with E-state index in [-0.39, 0.29) is 11.4 Å². The van der Waals surface area contributed by atoms with Gasteiger partial charge in [-0.2, -0.15) is 0 Å². The van der Waals surface area contributed by atoms with Crippen LogP contribution in [0.25, 0.3) is 0 Å². The van der Waals surface area contributed by atoms with Gasteiger partial charge in [0, 0.05) is 5.69 Å². The van der Waals surface area contributed by atoms with Crippen molar-refractivity contribution in [3.8, 4) is 5.75 Å². The smallest absolute Gasteiger partial charge is 0.264 e. The van der Waals surface area contributed by atoms with Crippen LogP contribution >= 0.6 is 0 Å². The van der Waals surface area contributed by atoms with Gasteiger partial charge in [-0.25, -0.2) is 8.42 Å². The fourth-order valence-electron chi connectivity index (χ4n) is 3.23. The van der Waals surface area contributed by atoms with Crippen molar-refractivity contribution >= 4 is 27.3 Å². The Balaban J connectivity index is 1.93. The van der Waals surface area contributed by atoms with E-state index in [4.69, 9.17) is 4.74 Å². The number of rotatable bonds is 8. The van der Waals surface area contributed by atoms with Gasteiger partial charge in [-0.15, -0.1) is 0 Å². The molecule has 0 saturated heterocycles. The van der Waals surface area contributed by atoms with Gasteiger partial charge in [-0.3, -0.25) is 9.10 Å². The monoisotopic (exact) mass is 452 g/mol. The first-order valence-electron chi connectivity index (χ1n) is 10.4. The average molecular weight is 453 g/mol. The molecule has 6 nitrogen and oxygen atoms in total. The summed E-state index contributed by atoms with van der Waals surface area (Å²) in [4.78, 5) is 13.0. The lowest BCUT2D eigenvalue weighted by molar-refractivity contribution is -0.114. The number of aryl methyl sites for hydroxylation is 2. The number of carbonyl (C=O) groups excluding carboxylic acids is 1. The minimum atomic E-state index is -3.99. The SMILES string of the molecule is CCOc1ccc(S(=O)(=O)N(CC(=O)Nc2cccc(C)c2C)c2ccc(C)cc2)cc1. The summed E-state index contributed by atoms with van der Waals surface area (Å²) in [5, 5.41) is 2.85. The van der Waals surface area contributed by atoms with Crippen LogP contribution in [0.15, 0.2) is 71.6 Å². The third-order valence-corrected chi connectivity index (χ3v) is 7.00. The fraction of sp³-hybridized carbons (Fsp3) is 0.240. The lowest BCUT2D eigenvalue weighted by atomic mass is 10.1. The molecular formula is C25H28N2O4S. The third-order valence-electron chi connectivity index (χ3n) is 5.21. The normalized spacial score (nSPS) is 11.1. The van der Waals surface area contributed by atoms with Gasteiger partial charge < -0.3 is 10.1 Å². The molecule has 0 spiro atoms. The zero-order chi connectivity index (χ0) is 23.3. The van der Waals surface area contributed by atoms with Crippen LogP contribution in [-0.2, 0) is 14.8 Å². The highest BCUT2D eigenvalue weighted by Crippen LogP contribution is 2.26.